The molecule has 21 heavy (non-hydrogen) atoms. The van der Waals surface area contributed by atoms with Crippen LogP contribution in [0, 0.1) is 0 Å². The zero-order valence-electron chi connectivity index (χ0n) is 11.1. The van der Waals surface area contributed by atoms with Crippen LogP contribution in [-0.2, 0) is 6.54 Å². The van der Waals surface area contributed by atoms with Gasteiger partial charge in [0.25, 0.3) is 0 Å². The maximum Gasteiger partial charge on any atom is 0.0785 e. The molecule has 1 saturated carbocycles. The van der Waals surface area contributed by atoms with Crippen molar-refractivity contribution in [2.45, 2.75) is 25.4 Å². The quantitative estimate of drug-likeness (QED) is 0.504. The average Bonchev–Trinajstić information content (AvgIpc) is 3.27. The van der Waals surface area contributed by atoms with Crippen LogP contribution in [0.4, 0.5) is 0 Å². The molecule has 5 heteroatoms. The Morgan fingerprint density at radius 3 is 2.43 bits per heavy atom. The highest BCUT2D eigenvalue weighted by Crippen LogP contribution is 2.43. The van der Waals surface area contributed by atoms with E-state index < -0.39 is 0 Å². The molecule has 1 aliphatic rings. The molecule has 2 aromatic rings. The molecular weight excluding hydrogens is 348 g/mol. The molecule has 110 valence electrons. The molecule has 0 amide bonds. The summed E-state index contributed by atoms with van der Waals surface area (Å²) in [6.45, 7) is 0.842. The second-order valence-electron chi connectivity index (χ2n) is 5.20. The van der Waals surface area contributed by atoms with Crippen molar-refractivity contribution in [1.82, 2.24) is 5.32 Å². The number of hydrogen-bond acceptors (Lipinski definition) is 1. The number of halogens is 4. The van der Waals surface area contributed by atoms with E-state index in [0.717, 1.165) is 17.7 Å². The molecule has 0 bridgehead atoms. The first-order chi connectivity index (χ1) is 10.1. The van der Waals surface area contributed by atoms with Gasteiger partial charge in [0.05, 0.1) is 20.1 Å². The lowest BCUT2D eigenvalue weighted by atomic mass is 10.0. The summed E-state index contributed by atoms with van der Waals surface area (Å²) < 4.78 is 0. The first-order valence-corrected chi connectivity index (χ1v) is 8.23. The largest absolute Gasteiger partial charge is 0.310 e. The predicted octanol–water partition coefficient (Wildman–Crippen LogP) is 6.22. The average molecular weight is 361 g/mol. The lowest BCUT2D eigenvalue weighted by Crippen LogP contribution is -2.15. The maximum atomic E-state index is 6.31. The van der Waals surface area contributed by atoms with Gasteiger partial charge in [-0.2, -0.15) is 0 Å². The fourth-order valence-corrected chi connectivity index (χ4v) is 3.35. The van der Waals surface area contributed by atoms with E-state index in [1.54, 1.807) is 6.07 Å². The van der Waals surface area contributed by atoms with E-state index in [1.807, 2.05) is 12.1 Å². The molecule has 0 heterocycles. The minimum absolute atomic E-state index is 0.333. The summed E-state index contributed by atoms with van der Waals surface area (Å²) >= 11 is 24.7. The molecular formula is C16H13Cl4N. The van der Waals surface area contributed by atoms with Gasteiger partial charge < -0.3 is 5.32 Å². The number of rotatable bonds is 4. The van der Waals surface area contributed by atoms with Crippen molar-refractivity contribution in [3.8, 4) is 11.1 Å². The Kier molecular flexibility index (Phi) is 4.68. The summed E-state index contributed by atoms with van der Waals surface area (Å²) in [5.41, 5.74) is 2.86. The minimum atomic E-state index is 0.333. The highest BCUT2D eigenvalue weighted by Gasteiger charge is 2.20. The third-order valence-electron chi connectivity index (χ3n) is 3.50. The molecule has 1 aliphatic carbocycles. The normalized spacial score (nSPS) is 14.5. The molecule has 0 spiro atoms. The first kappa shape index (κ1) is 15.5. The molecule has 0 radical (unpaired) electrons. The predicted molar refractivity (Wildman–Crippen MR) is 91.8 cm³/mol. The molecule has 1 nitrogen and oxygen atoms in total. The Hall–Kier alpha value is -0.440. The Labute approximate surface area is 144 Å². The highest BCUT2D eigenvalue weighted by atomic mass is 35.5. The fourth-order valence-electron chi connectivity index (χ4n) is 2.22. The monoisotopic (exact) mass is 359 g/mol. The van der Waals surface area contributed by atoms with Gasteiger partial charge in [-0.15, -0.1) is 0 Å². The van der Waals surface area contributed by atoms with E-state index in [0.29, 0.717) is 26.1 Å². The lowest BCUT2D eigenvalue weighted by Gasteiger charge is -2.12. The molecule has 0 atom stereocenters. The third kappa shape index (κ3) is 3.49. The summed E-state index contributed by atoms with van der Waals surface area (Å²) in [6.07, 6.45) is 2.54. The standard InChI is InChI=1S/C16H13Cl4N/c17-12-7-13(18)15(19)16(20)14(12)10-3-1-2-9(6-10)8-21-11-4-5-11/h1-3,6-7,11,21H,4-5,8H2. The molecule has 0 unspecified atom stereocenters. The van der Waals surface area contributed by atoms with E-state index in [9.17, 15) is 0 Å². The van der Waals surface area contributed by atoms with Crippen molar-refractivity contribution >= 4 is 46.4 Å². The van der Waals surface area contributed by atoms with Crippen molar-refractivity contribution in [2.24, 2.45) is 0 Å². The van der Waals surface area contributed by atoms with Crippen molar-refractivity contribution in [2.75, 3.05) is 0 Å². The number of benzene rings is 2. The van der Waals surface area contributed by atoms with Crippen molar-refractivity contribution in [1.29, 1.82) is 0 Å². The van der Waals surface area contributed by atoms with Crippen LogP contribution in [-0.4, -0.2) is 6.04 Å². The Morgan fingerprint density at radius 1 is 0.952 bits per heavy atom. The van der Waals surface area contributed by atoms with Gasteiger partial charge in [0.15, 0.2) is 0 Å². The van der Waals surface area contributed by atoms with Gasteiger partial charge >= 0.3 is 0 Å². The zero-order chi connectivity index (χ0) is 15.0. The fraction of sp³-hybridized carbons (Fsp3) is 0.250. The summed E-state index contributed by atoms with van der Waals surface area (Å²) in [5, 5.41) is 5.08. The summed E-state index contributed by atoms with van der Waals surface area (Å²) in [4.78, 5) is 0. The van der Waals surface area contributed by atoms with Crippen molar-refractivity contribution in [3.05, 3.63) is 56.0 Å². The molecule has 0 saturated heterocycles. The zero-order valence-corrected chi connectivity index (χ0v) is 14.1. The SMILES string of the molecule is Clc1cc(Cl)c(-c2cccc(CNC3CC3)c2)c(Cl)c1Cl. The van der Waals surface area contributed by atoms with Crippen LogP contribution in [0.3, 0.4) is 0 Å². The Balaban J connectivity index is 1.96. The lowest BCUT2D eigenvalue weighted by molar-refractivity contribution is 0.688. The molecule has 1 N–H and O–H groups in total. The van der Waals surface area contributed by atoms with Gasteiger partial charge in [0, 0.05) is 18.2 Å². The molecule has 2 aromatic carbocycles. The molecule has 0 aromatic heterocycles. The van der Waals surface area contributed by atoms with Crippen molar-refractivity contribution in [3.63, 3.8) is 0 Å². The van der Waals surface area contributed by atoms with Crippen LogP contribution in [0.5, 0.6) is 0 Å². The van der Waals surface area contributed by atoms with Gasteiger partial charge in [-0.05, 0) is 36.1 Å². The Bertz CT molecular complexity index is 680. The third-order valence-corrected chi connectivity index (χ3v) is 5.06. The second kappa shape index (κ2) is 6.36. The van der Waals surface area contributed by atoms with Crippen LogP contribution in [0.1, 0.15) is 18.4 Å². The molecule has 3 rings (SSSR count). The number of nitrogens with one attached hydrogen (secondary N) is 1. The number of hydrogen-bond donors (Lipinski definition) is 1. The molecule has 0 aliphatic heterocycles. The highest BCUT2D eigenvalue weighted by molar-refractivity contribution is 6.51. The van der Waals surface area contributed by atoms with E-state index in [4.69, 9.17) is 46.4 Å². The summed E-state index contributed by atoms with van der Waals surface area (Å²) in [6, 6.07) is 10.4. The smallest absolute Gasteiger partial charge is 0.0785 e. The maximum absolute atomic E-state index is 6.31. The first-order valence-electron chi connectivity index (χ1n) is 6.72. The van der Waals surface area contributed by atoms with Crippen LogP contribution in [0.15, 0.2) is 30.3 Å². The van der Waals surface area contributed by atoms with E-state index in [2.05, 4.69) is 17.4 Å². The topological polar surface area (TPSA) is 12.0 Å². The van der Waals surface area contributed by atoms with Gasteiger partial charge in [-0.1, -0.05) is 64.6 Å². The van der Waals surface area contributed by atoms with Gasteiger partial charge in [0.2, 0.25) is 0 Å². The van der Waals surface area contributed by atoms with E-state index in [-0.39, 0.29) is 0 Å². The molecule has 1 fully saturated rings. The van der Waals surface area contributed by atoms with E-state index in [1.165, 1.54) is 18.4 Å². The van der Waals surface area contributed by atoms with Gasteiger partial charge in [-0.3, -0.25) is 0 Å². The Morgan fingerprint density at radius 2 is 1.71 bits per heavy atom. The second-order valence-corrected chi connectivity index (χ2v) is 6.77. The van der Waals surface area contributed by atoms with Crippen LogP contribution in [0.2, 0.25) is 20.1 Å². The van der Waals surface area contributed by atoms with Crippen LogP contribution >= 0.6 is 46.4 Å². The van der Waals surface area contributed by atoms with E-state index >= 15 is 0 Å². The van der Waals surface area contributed by atoms with Gasteiger partial charge in [0.1, 0.15) is 0 Å². The van der Waals surface area contributed by atoms with Crippen molar-refractivity contribution < 1.29 is 0 Å². The summed E-state index contributed by atoms with van der Waals surface area (Å²) in [7, 11) is 0. The van der Waals surface area contributed by atoms with Crippen LogP contribution < -0.4 is 5.32 Å². The summed E-state index contributed by atoms with van der Waals surface area (Å²) in [5.74, 6) is 0. The van der Waals surface area contributed by atoms with Crippen LogP contribution in [0.25, 0.3) is 11.1 Å². The van der Waals surface area contributed by atoms with Gasteiger partial charge in [-0.25, -0.2) is 0 Å². The minimum Gasteiger partial charge on any atom is -0.310 e.